The van der Waals surface area contributed by atoms with Gasteiger partial charge >= 0.3 is 0 Å². The van der Waals surface area contributed by atoms with Crippen molar-refractivity contribution in [3.8, 4) is 0 Å². The van der Waals surface area contributed by atoms with Crippen LogP contribution in [0.1, 0.15) is 32.1 Å². The number of nitrogens with one attached hydrogen (secondary N) is 1. The molecule has 2 aromatic rings. The van der Waals surface area contributed by atoms with Crippen LogP contribution < -0.4 is 5.32 Å². The molecular weight excluding hydrogens is 198 g/mol. The predicted octanol–water partition coefficient (Wildman–Crippen LogP) is 3.08. The van der Waals surface area contributed by atoms with Crippen LogP contribution in [0.15, 0.2) is 30.6 Å². The average Bonchev–Trinajstić information content (AvgIpc) is 2.74. The number of fused-ring (bicyclic) bond motifs is 1. The van der Waals surface area contributed by atoms with Crippen molar-refractivity contribution in [2.24, 2.45) is 0 Å². The molecule has 0 atom stereocenters. The van der Waals surface area contributed by atoms with Gasteiger partial charge in [-0.15, -0.1) is 0 Å². The molecule has 1 aliphatic rings. The monoisotopic (exact) mass is 215 g/mol. The standard InChI is InChI=1S/C13H17N3/c1-2-6-11(7-3-1)15-13-10-14-12-8-4-5-9-16(12)13/h4-5,8-11,15H,1-3,6-7H2. The molecule has 0 spiro atoms. The first-order chi connectivity index (χ1) is 7.93. The highest BCUT2D eigenvalue weighted by Crippen LogP contribution is 2.22. The smallest absolute Gasteiger partial charge is 0.138 e. The van der Waals surface area contributed by atoms with Crippen molar-refractivity contribution in [3.05, 3.63) is 30.6 Å². The Kier molecular flexibility index (Phi) is 2.52. The van der Waals surface area contributed by atoms with E-state index in [0.717, 1.165) is 11.5 Å². The van der Waals surface area contributed by atoms with Gasteiger partial charge < -0.3 is 5.32 Å². The highest BCUT2D eigenvalue weighted by atomic mass is 15.1. The van der Waals surface area contributed by atoms with Crippen LogP contribution >= 0.6 is 0 Å². The maximum atomic E-state index is 4.38. The van der Waals surface area contributed by atoms with E-state index < -0.39 is 0 Å². The lowest BCUT2D eigenvalue weighted by atomic mass is 9.96. The van der Waals surface area contributed by atoms with Crippen molar-refractivity contribution in [1.29, 1.82) is 0 Å². The van der Waals surface area contributed by atoms with Crippen molar-refractivity contribution >= 4 is 11.5 Å². The second kappa shape index (κ2) is 4.16. The van der Waals surface area contributed by atoms with E-state index in [4.69, 9.17) is 0 Å². The Morgan fingerprint density at radius 2 is 2.06 bits per heavy atom. The van der Waals surface area contributed by atoms with Crippen LogP contribution in [0, 0.1) is 0 Å². The minimum atomic E-state index is 0.633. The number of nitrogens with zero attached hydrogens (tertiary/aromatic N) is 2. The fourth-order valence-corrected chi connectivity index (χ4v) is 2.50. The third-order valence-corrected chi connectivity index (χ3v) is 3.37. The normalized spacial score (nSPS) is 17.8. The second-order valence-electron chi connectivity index (χ2n) is 4.55. The summed E-state index contributed by atoms with van der Waals surface area (Å²) in [6.45, 7) is 0. The summed E-state index contributed by atoms with van der Waals surface area (Å²) >= 11 is 0. The SMILES string of the molecule is c1ccn2c(NC3CCCCC3)cnc2c1. The number of hydrogen-bond donors (Lipinski definition) is 1. The summed E-state index contributed by atoms with van der Waals surface area (Å²) in [5.74, 6) is 1.13. The molecule has 1 aliphatic carbocycles. The maximum Gasteiger partial charge on any atom is 0.138 e. The van der Waals surface area contributed by atoms with Gasteiger partial charge in [0.2, 0.25) is 0 Å². The Morgan fingerprint density at radius 3 is 2.94 bits per heavy atom. The number of imidazole rings is 1. The van der Waals surface area contributed by atoms with Gasteiger partial charge in [0, 0.05) is 12.2 Å². The second-order valence-corrected chi connectivity index (χ2v) is 4.55. The molecule has 0 amide bonds. The third-order valence-electron chi connectivity index (χ3n) is 3.37. The first-order valence-electron chi connectivity index (χ1n) is 6.12. The number of anilines is 1. The molecule has 0 bridgehead atoms. The zero-order valence-corrected chi connectivity index (χ0v) is 9.39. The molecule has 0 aromatic carbocycles. The molecule has 0 aliphatic heterocycles. The average molecular weight is 215 g/mol. The first-order valence-corrected chi connectivity index (χ1v) is 6.12. The van der Waals surface area contributed by atoms with Gasteiger partial charge in [0.1, 0.15) is 11.5 Å². The van der Waals surface area contributed by atoms with E-state index in [-0.39, 0.29) is 0 Å². The lowest BCUT2D eigenvalue weighted by Crippen LogP contribution is -2.22. The van der Waals surface area contributed by atoms with Crippen molar-refractivity contribution in [1.82, 2.24) is 9.38 Å². The Bertz CT molecular complexity index is 469. The Balaban J connectivity index is 1.83. The quantitative estimate of drug-likeness (QED) is 0.834. The molecule has 84 valence electrons. The fourth-order valence-electron chi connectivity index (χ4n) is 2.50. The lowest BCUT2D eigenvalue weighted by Gasteiger charge is -2.23. The van der Waals surface area contributed by atoms with Gasteiger partial charge in [0.15, 0.2) is 0 Å². The van der Waals surface area contributed by atoms with E-state index in [2.05, 4.69) is 20.9 Å². The van der Waals surface area contributed by atoms with Crippen LogP contribution in [0.3, 0.4) is 0 Å². The summed E-state index contributed by atoms with van der Waals surface area (Å²) in [5, 5.41) is 3.60. The van der Waals surface area contributed by atoms with E-state index in [1.54, 1.807) is 0 Å². The molecule has 2 heterocycles. The summed E-state index contributed by atoms with van der Waals surface area (Å²) in [5.41, 5.74) is 1.01. The van der Waals surface area contributed by atoms with Gasteiger partial charge in [0.25, 0.3) is 0 Å². The maximum absolute atomic E-state index is 4.38. The molecule has 2 aromatic heterocycles. The molecular formula is C13H17N3. The highest BCUT2D eigenvalue weighted by molar-refractivity contribution is 5.50. The largest absolute Gasteiger partial charge is 0.367 e. The van der Waals surface area contributed by atoms with Crippen LogP contribution in [0.4, 0.5) is 5.82 Å². The van der Waals surface area contributed by atoms with E-state index in [0.29, 0.717) is 6.04 Å². The molecule has 16 heavy (non-hydrogen) atoms. The van der Waals surface area contributed by atoms with E-state index in [1.807, 2.05) is 24.4 Å². The molecule has 0 saturated heterocycles. The minimum Gasteiger partial charge on any atom is -0.367 e. The predicted molar refractivity (Wildman–Crippen MR) is 65.7 cm³/mol. The summed E-state index contributed by atoms with van der Waals surface area (Å²) in [7, 11) is 0. The van der Waals surface area contributed by atoms with E-state index >= 15 is 0 Å². The Labute approximate surface area is 95.5 Å². The van der Waals surface area contributed by atoms with E-state index in [9.17, 15) is 0 Å². The summed E-state index contributed by atoms with van der Waals surface area (Å²) in [6, 6.07) is 6.73. The van der Waals surface area contributed by atoms with Gasteiger partial charge in [-0.2, -0.15) is 0 Å². The van der Waals surface area contributed by atoms with Crippen LogP contribution in [-0.4, -0.2) is 15.4 Å². The van der Waals surface area contributed by atoms with Gasteiger partial charge in [-0.3, -0.25) is 4.40 Å². The fraction of sp³-hybridized carbons (Fsp3) is 0.462. The molecule has 0 radical (unpaired) electrons. The molecule has 3 heteroatoms. The van der Waals surface area contributed by atoms with Crippen LogP contribution in [0.2, 0.25) is 0 Å². The van der Waals surface area contributed by atoms with Crippen LogP contribution in [0.25, 0.3) is 5.65 Å². The van der Waals surface area contributed by atoms with Crippen LogP contribution in [0.5, 0.6) is 0 Å². The molecule has 3 rings (SSSR count). The number of hydrogen-bond acceptors (Lipinski definition) is 2. The number of aromatic nitrogens is 2. The molecule has 1 saturated carbocycles. The van der Waals surface area contributed by atoms with Gasteiger partial charge in [-0.1, -0.05) is 25.3 Å². The van der Waals surface area contributed by atoms with Crippen LogP contribution in [-0.2, 0) is 0 Å². The van der Waals surface area contributed by atoms with Gasteiger partial charge in [-0.05, 0) is 25.0 Å². The summed E-state index contributed by atoms with van der Waals surface area (Å²) < 4.78 is 2.12. The highest BCUT2D eigenvalue weighted by Gasteiger charge is 2.14. The van der Waals surface area contributed by atoms with E-state index in [1.165, 1.54) is 32.1 Å². The molecule has 0 unspecified atom stereocenters. The Hall–Kier alpha value is -1.51. The zero-order valence-electron chi connectivity index (χ0n) is 9.39. The van der Waals surface area contributed by atoms with Crippen molar-refractivity contribution in [3.63, 3.8) is 0 Å². The summed E-state index contributed by atoms with van der Waals surface area (Å²) in [4.78, 5) is 4.38. The zero-order chi connectivity index (χ0) is 10.8. The molecule has 1 N–H and O–H groups in total. The van der Waals surface area contributed by atoms with Gasteiger partial charge in [0.05, 0.1) is 6.20 Å². The summed E-state index contributed by atoms with van der Waals surface area (Å²) in [6.07, 6.45) is 10.7. The third kappa shape index (κ3) is 1.77. The lowest BCUT2D eigenvalue weighted by molar-refractivity contribution is 0.461. The molecule has 3 nitrogen and oxygen atoms in total. The topological polar surface area (TPSA) is 29.3 Å². The number of rotatable bonds is 2. The first kappa shape index (κ1) is 9.70. The molecule has 1 fully saturated rings. The number of pyridine rings is 1. The van der Waals surface area contributed by atoms with Crippen molar-refractivity contribution in [2.75, 3.05) is 5.32 Å². The van der Waals surface area contributed by atoms with Gasteiger partial charge in [-0.25, -0.2) is 4.98 Å². The Morgan fingerprint density at radius 1 is 1.19 bits per heavy atom. The minimum absolute atomic E-state index is 0.633. The van der Waals surface area contributed by atoms with Crippen molar-refractivity contribution in [2.45, 2.75) is 38.1 Å². The van der Waals surface area contributed by atoms with Crippen molar-refractivity contribution < 1.29 is 0 Å².